The summed E-state index contributed by atoms with van der Waals surface area (Å²) in [5.41, 5.74) is 3.49. The van der Waals surface area contributed by atoms with Gasteiger partial charge in [-0.2, -0.15) is 5.26 Å². The van der Waals surface area contributed by atoms with E-state index in [-0.39, 0.29) is 12.2 Å². The number of aromatic nitrogens is 1. The van der Waals surface area contributed by atoms with E-state index in [0.29, 0.717) is 5.56 Å². The number of nitrogens with zero attached hydrogens (tertiary/aromatic N) is 1. The lowest BCUT2D eigenvalue weighted by Gasteiger charge is -1.96. The zero-order valence-electron chi connectivity index (χ0n) is 8.06. The molecule has 0 atom stereocenters. The fourth-order valence-electron chi connectivity index (χ4n) is 1.48. The summed E-state index contributed by atoms with van der Waals surface area (Å²) in [4.78, 5) is 14.5. The van der Waals surface area contributed by atoms with Gasteiger partial charge in [0.1, 0.15) is 0 Å². The van der Waals surface area contributed by atoms with Crippen LogP contribution in [0.15, 0.2) is 0 Å². The van der Waals surface area contributed by atoms with Crippen LogP contribution in [0.4, 0.5) is 0 Å². The second-order valence-electron chi connectivity index (χ2n) is 3.13. The van der Waals surface area contributed by atoms with E-state index in [1.807, 2.05) is 26.8 Å². The average molecular weight is 176 g/mol. The lowest BCUT2D eigenvalue weighted by molar-refractivity contribution is 0.0997. The Labute approximate surface area is 77.4 Å². The molecule has 1 aromatic heterocycles. The van der Waals surface area contributed by atoms with E-state index in [0.717, 1.165) is 17.0 Å². The van der Waals surface area contributed by atoms with Gasteiger partial charge in [-0.1, -0.05) is 0 Å². The number of Topliss-reactive ketones (excluding diaryl/α,β-unsaturated/α-hetero) is 1. The van der Waals surface area contributed by atoms with Crippen molar-refractivity contribution in [3.8, 4) is 6.07 Å². The van der Waals surface area contributed by atoms with Gasteiger partial charge in [-0.15, -0.1) is 0 Å². The first-order valence-electron chi connectivity index (χ1n) is 4.13. The van der Waals surface area contributed by atoms with Crippen molar-refractivity contribution in [2.75, 3.05) is 0 Å². The number of H-pyrrole nitrogens is 1. The van der Waals surface area contributed by atoms with Crippen molar-refractivity contribution >= 4 is 5.78 Å². The van der Waals surface area contributed by atoms with E-state index in [1.54, 1.807) is 0 Å². The Morgan fingerprint density at radius 1 is 1.38 bits per heavy atom. The lowest BCUT2D eigenvalue weighted by atomic mass is 10.0. The number of nitriles is 1. The molecular formula is C10H12N2O. The Hall–Kier alpha value is -1.56. The monoisotopic (exact) mass is 176 g/mol. The molecule has 3 heteroatoms. The highest BCUT2D eigenvalue weighted by Crippen LogP contribution is 2.18. The van der Waals surface area contributed by atoms with E-state index >= 15 is 0 Å². The lowest BCUT2D eigenvalue weighted by Crippen LogP contribution is -2.00. The quantitative estimate of drug-likeness (QED) is 0.701. The summed E-state index contributed by atoms with van der Waals surface area (Å²) in [6.45, 7) is 5.67. The van der Waals surface area contributed by atoms with Crippen molar-refractivity contribution in [1.29, 1.82) is 5.26 Å². The zero-order chi connectivity index (χ0) is 10.0. The third-order valence-corrected chi connectivity index (χ3v) is 2.21. The fraction of sp³-hybridized carbons (Fsp3) is 0.400. The first-order valence-corrected chi connectivity index (χ1v) is 4.13. The maximum atomic E-state index is 11.5. The van der Waals surface area contributed by atoms with Crippen LogP contribution in [0, 0.1) is 32.1 Å². The van der Waals surface area contributed by atoms with Crippen LogP contribution in [0.3, 0.4) is 0 Å². The minimum absolute atomic E-state index is 0.0427. The zero-order valence-corrected chi connectivity index (χ0v) is 8.06. The molecule has 0 unspecified atom stereocenters. The summed E-state index contributed by atoms with van der Waals surface area (Å²) >= 11 is 0. The van der Waals surface area contributed by atoms with E-state index in [4.69, 9.17) is 5.26 Å². The first-order chi connectivity index (χ1) is 6.07. The molecule has 1 rings (SSSR count). The molecule has 0 amide bonds. The predicted molar refractivity (Wildman–Crippen MR) is 49.6 cm³/mol. The van der Waals surface area contributed by atoms with Crippen molar-refractivity contribution in [1.82, 2.24) is 4.98 Å². The average Bonchev–Trinajstić information content (AvgIpc) is 2.27. The number of hydrogen-bond donors (Lipinski definition) is 1. The van der Waals surface area contributed by atoms with E-state index in [1.165, 1.54) is 0 Å². The van der Waals surface area contributed by atoms with Gasteiger partial charge in [0.15, 0.2) is 5.78 Å². The predicted octanol–water partition coefficient (Wildman–Crippen LogP) is 2.04. The molecule has 0 saturated heterocycles. The summed E-state index contributed by atoms with van der Waals surface area (Å²) in [6.07, 6.45) is -0.0427. The van der Waals surface area contributed by atoms with Crippen molar-refractivity contribution < 1.29 is 4.79 Å². The van der Waals surface area contributed by atoms with Crippen LogP contribution in [-0.2, 0) is 0 Å². The number of aryl methyl sites for hydroxylation is 2. The SMILES string of the molecule is Cc1[nH]c(C)c(C(=O)CC#N)c1C. The van der Waals surface area contributed by atoms with Gasteiger partial charge in [0, 0.05) is 17.0 Å². The van der Waals surface area contributed by atoms with Crippen LogP contribution >= 0.6 is 0 Å². The van der Waals surface area contributed by atoms with E-state index in [9.17, 15) is 4.79 Å². The summed E-state index contributed by atoms with van der Waals surface area (Å²) in [5.74, 6) is -0.0955. The summed E-state index contributed by atoms with van der Waals surface area (Å²) in [7, 11) is 0. The van der Waals surface area contributed by atoms with Crippen LogP contribution in [0.2, 0.25) is 0 Å². The fourth-order valence-corrected chi connectivity index (χ4v) is 1.48. The van der Waals surface area contributed by atoms with Crippen LogP contribution < -0.4 is 0 Å². The smallest absolute Gasteiger partial charge is 0.178 e. The Morgan fingerprint density at radius 2 is 2.00 bits per heavy atom. The van der Waals surface area contributed by atoms with Crippen LogP contribution in [0.5, 0.6) is 0 Å². The largest absolute Gasteiger partial charge is 0.362 e. The molecular weight excluding hydrogens is 164 g/mol. The molecule has 0 spiro atoms. The maximum Gasteiger partial charge on any atom is 0.178 e. The molecule has 0 radical (unpaired) electrons. The molecule has 13 heavy (non-hydrogen) atoms. The molecule has 0 aliphatic rings. The normalized spacial score (nSPS) is 9.69. The highest BCUT2D eigenvalue weighted by Gasteiger charge is 2.15. The summed E-state index contributed by atoms with van der Waals surface area (Å²) in [6, 6.07) is 1.87. The number of nitrogens with one attached hydrogen (secondary N) is 1. The van der Waals surface area contributed by atoms with E-state index < -0.39 is 0 Å². The topological polar surface area (TPSA) is 56.6 Å². The first kappa shape index (κ1) is 9.53. The van der Waals surface area contributed by atoms with Gasteiger partial charge in [0.2, 0.25) is 0 Å². The minimum Gasteiger partial charge on any atom is -0.362 e. The molecule has 1 N–H and O–H groups in total. The number of ketones is 1. The number of rotatable bonds is 2. The Morgan fingerprint density at radius 3 is 2.38 bits per heavy atom. The van der Waals surface area contributed by atoms with Crippen LogP contribution in [-0.4, -0.2) is 10.8 Å². The maximum absolute atomic E-state index is 11.5. The number of aromatic amines is 1. The van der Waals surface area contributed by atoms with Crippen molar-refractivity contribution in [2.45, 2.75) is 27.2 Å². The van der Waals surface area contributed by atoms with Gasteiger partial charge in [0.05, 0.1) is 12.5 Å². The van der Waals surface area contributed by atoms with Gasteiger partial charge >= 0.3 is 0 Å². The van der Waals surface area contributed by atoms with Crippen molar-refractivity contribution in [2.24, 2.45) is 0 Å². The Balaban J connectivity index is 3.15. The third-order valence-electron chi connectivity index (χ3n) is 2.21. The molecule has 68 valence electrons. The number of carbonyl (C=O) groups is 1. The van der Waals surface area contributed by atoms with Crippen LogP contribution in [0.1, 0.15) is 33.7 Å². The Bertz CT molecular complexity index is 382. The molecule has 0 saturated carbocycles. The van der Waals surface area contributed by atoms with Gasteiger partial charge in [-0.05, 0) is 26.3 Å². The third kappa shape index (κ3) is 1.62. The second kappa shape index (κ2) is 3.44. The molecule has 0 fully saturated rings. The van der Waals surface area contributed by atoms with Gasteiger partial charge in [-0.25, -0.2) is 0 Å². The molecule has 0 aliphatic carbocycles. The standard InChI is InChI=1S/C10H12N2O/c1-6-7(2)12-8(3)10(6)9(13)4-5-11/h12H,4H2,1-3H3. The van der Waals surface area contributed by atoms with Gasteiger partial charge < -0.3 is 4.98 Å². The summed E-state index contributed by atoms with van der Waals surface area (Å²) < 4.78 is 0. The molecule has 3 nitrogen and oxygen atoms in total. The van der Waals surface area contributed by atoms with E-state index in [2.05, 4.69) is 4.98 Å². The highest BCUT2D eigenvalue weighted by molar-refractivity contribution is 6.00. The minimum atomic E-state index is -0.0955. The molecule has 1 heterocycles. The van der Waals surface area contributed by atoms with Crippen molar-refractivity contribution in [3.63, 3.8) is 0 Å². The molecule has 0 bridgehead atoms. The van der Waals surface area contributed by atoms with Gasteiger partial charge in [0.25, 0.3) is 0 Å². The molecule has 1 aromatic rings. The number of hydrogen-bond acceptors (Lipinski definition) is 2. The second-order valence-corrected chi connectivity index (χ2v) is 3.13. The highest BCUT2D eigenvalue weighted by atomic mass is 16.1. The Kier molecular flexibility index (Phi) is 2.52. The summed E-state index contributed by atoms with van der Waals surface area (Å²) in [5, 5.41) is 8.41. The molecule has 0 aromatic carbocycles. The van der Waals surface area contributed by atoms with Gasteiger partial charge in [-0.3, -0.25) is 4.79 Å². The number of carbonyl (C=O) groups excluding carboxylic acids is 1. The molecule has 0 aliphatic heterocycles. The van der Waals surface area contributed by atoms with Crippen molar-refractivity contribution in [3.05, 3.63) is 22.5 Å². The van der Waals surface area contributed by atoms with Crippen LogP contribution in [0.25, 0.3) is 0 Å².